The zero-order chi connectivity index (χ0) is 13.7. The standard InChI is InChI=1S/C14H19NO3/c1-5-15-13(16)11(4)18-14(17)12-8-9(2)6-7-10(12)3/h6-8,11H,5H2,1-4H3,(H,15,16)/t11-/m0/s1. The SMILES string of the molecule is CCNC(=O)[C@H](C)OC(=O)c1cc(C)ccc1C. The molecule has 1 N–H and O–H groups in total. The molecule has 1 aromatic rings. The van der Waals surface area contributed by atoms with Crippen LogP contribution in [0.2, 0.25) is 0 Å². The predicted molar refractivity (Wildman–Crippen MR) is 69.5 cm³/mol. The van der Waals surface area contributed by atoms with Gasteiger partial charge in [-0.25, -0.2) is 4.79 Å². The number of rotatable bonds is 4. The molecule has 0 aliphatic heterocycles. The van der Waals surface area contributed by atoms with E-state index in [1.807, 2.05) is 32.9 Å². The monoisotopic (exact) mass is 249 g/mol. The number of likely N-dealkylation sites (N-methyl/N-ethyl adjacent to an activating group) is 1. The number of aryl methyl sites for hydroxylation is 2. The molecule has 0 saturated carbocycles. The molecule has 0 heterocycles. The first-order valence-electron chi connectivity index (χ1n) is 6.01. The third kappa shape index (κ3) is 3.58. The molecule has 0 aliphatic carbocycles. The summed E-state index contributed by atoms with van der Waals surface area (Å²) in [6.07, 6.45) is -0.780. The van der Waals surface area contributed by atoms with Gasteiger partial charge < -0.3 is 10.1 Å². The van der Waals surface area contributed by atoms with E-state index < -0.39 is 12.1 Å². The Labute approximate surface area is 107 Å². The van der Waals surface area contributed by atoms with Crippen molar-refractivity contribution in [3.63, 3.8) is 0 Å². The number of hydrogen-bond donors (Lipinski definition) is 1. The van der Waals surface area contributed by atoms with E-state index in [2.05, 4.69) is 5.32 Å². The van der Waals surface area contributed by atoms with Gasteiger partial charge in [0.15, 0.2) is 6.10 Å². The van der Waals surface area contributed by atoms with Crippen molar-refractivity contribution in [2.45, 2.75) is 33.8 Å². The summed E-state index contributed by atoms with van der Waals surface area (Å²) in [5.41, 5.74) is 2.33. The van der Waals surface area contributed by atoms with Crippen LogP contribution in [0.25, 0.3) is 0 Å². The van der Waals surface area contributed by atoms with Gasteiger partial charge >= 0.3 is 5.97 Å². The summed E-state index contributed by atoms with van der Waals surface area (Å²) in [7, 11) is 0. The van der Waals surface area contributed by atoms with Crippen LogP contribution in [0, 0.1) is 13.8 Å². The van der Waals surface area contributed by atoms with Crippen LogP contribution < -0.4 is 5.32 Å². The molecule has 0 aromatic heterocycles. The van der Waals surface area contributed by atoms with Crippen molar-refractivity contribution in [3.05, 3.63) is 34.9 Å². The van der Waals surface area contributed by atoms with Crippen LogP contribution in [0.1, 0.15) is 35.3 Å². The fraction of sp³-hybridized carbons (Fsp3) is 0.429. The highest BCUT2D eigenvalue weighted by Gasteiger charge is 2.19. The normalized spacial score (nSPS) is 11.8. The Morgan fingerprint density at radius 1 is 1.33 bits per heavy atom. The van der Waals surface area contributed by atoms with Crippen LogP contribution in [0.15, 0.2) is 18.2 Å². The first-order valence-corrected chi connectivity index (χ1v) is 6.01. The zero-order valence-corrected chi connectivity index (χ0v) is 11.2. The van der Waals surface area contributed by atoms with Gasteiger partial charge in [-0.15, -0.1) is 0 Å². The highest BCUT2D eigenvalue weighted by Crippen LogP contribution is 2.13. The Morgan fingerprint density at radius 2 is 2.00 bits per heavy atom. The Morgan fingerprint density at radius 3 is 2.61 bits per heavy atom. The summed E-state index contributed by atoms with van der Waals surface area (Å²) < 4.78 is 5.14. The number of benzene rings is 1. The highest BCUT2D eigenvalue weighted by atomic mass is 16.5. The maximum atomic E-state index is 11.9. The van der Waals surface area contributed by atoms with Crippen LogP contribution in [-0.2, 0) is 9.53 Å². The number of ether oxygens (including phenoxy) is 1. The molecule has 1 rings (SSSR count). The van der Waals surface area contributed by atoms with Crippen molar-refractivity contribution in [2.75, 3.05) is 6.54 Å². The number of nitrogens with one attached hydrogen (secondary N) is 1. The molecule has 0 spiro atoms. The summed E-state index contributed by atoms with van der Waals surface area (Å²) in [5, 5.41) is 2.61. The number of carbonyl (C=O) groups is 2. The molecule has 0 aliphatic rings. The molecule has 0 fully saturated rings. The van der Waals surface area contributed by atoms with Crippen molar-refractivity contribution in [1.82, 2.24) is 5.32 Å². The van der Waals surface area contributed by atoms with E-state index in [-0.39, 0.29) is 5.91 Å². The quantitative estimate of drug-likeness (QED) is 0.830. The predicted octanol–water partition coefficient (Wildman–Crippen LogP) is 1.98. The number of amides is 1. The minimum Gasteiger partial charge on any atom is -0.449 e. The van der Waals surface area contributed by atoms with E-state index in [0.717, 1.165) is 11.1 Å². The van der Waals surface area contributed by atoms with Gasteiger partial charge in [0.2, 0.25) is 0 Å². The van der Waals surface area contributed by atoms with Crippen LogP contribution in [0.5, 0.6) is 0 Å². The van der Waals surface area contributed by atoms with Crippen LogP contribution in [0.3, 0.4) is 0 Å². The minimum atomic E-state index is -0.780. The second-order valence-electron chi connectivity index (χ2n) is 4.26. The first kappa shape index (κ1) is 14.2. The number of carbonyl (C=O) groups excluding carboxylic acids is 2. The lowest BCUT2D eigenvalue weighted by atomic mass is 10.1. The maximum Gasteiger partial charge on any atom is 0.339 e. The Hall–Kier alpha value is -1.84. The Bertz CT molecular complexity index is 454. The van der Waals surface area contributed by atoms with Crippen LogP contribution in [-0.4, -0.2) is 24.5 Å². The Kier molecular flexibility index (Phi) is 4.89. The summed E-state index contributed by atoms with van der Waals surface area (Å²) in [6, 6.07) is 5.56. The molecule has 4 nitrogen and oxygen atoms in total. The van der Waals surface area contributed by atoms with Crippen molar-refractivity contribution < 1.29 is 14.3 Å². The van der Waals surface area contributed by atoms with Gasteiger partial charge in [-0.05, 0) is 39.3 Å². The van der Waals surface area contributed by atoms with Crippen molar-refractivity contribution >= 4 is 11.9 Å². The van der Waals surface area contributed by atoms with Gasteiger partial charge in [0.05, 0.1) is 5.56 Å². The molecule has 0 unspecified atom stereocenters. The molecule has 0 bridgehead atoms. The maximum absolute atomic E-state index is 11.9. The second kappa shape index (κ2) is 6.19. The van der Waals surface area contributed by atoms with E-state index in [9.17, 15) is 9.59 Å². The Balaban J connectivity index is 2.76. The fourth-order valence-electron chi connectivity index (χ4n) is 1.55. The van der Waals surface area contributed by atoms with Crippen molar-refractivity contribution in [2.24, 2.45) is 0 Å². The third-order valence-corrected chi connectivity index (χ3v) is 2.62. The van der Waals surface area contributed by atoms with E-state index in [1.54, 1.807) is 13.0 Å². The molecule has 4 heteroatoms. The van der Waals surface area contributed by atoms with Gasteiger partial charge in [0, 0.05) is 6.54 Å². The smallest absolute Gasteiger partial charge is 0.339 e. The van der Waals surface area contributed by atoms with E-state index in [1.165, 1.54) is 0 Å². The first-order chi connectivity index (χ1) is 8.45. The lowest BCUT2D eigenvalue weighted by Gasteiger charge is -2.13. The number of hydrogen-bond acceptors (Lipinski definition) is 3. The van der Waals surface area contributed by atoms with E-state index in [4.69, 9.17) is 4.74 Å². The average Bonchev–Trinajstić information content (AvgIpc) is 2.32. The summed E-state index contributed by atoms with van der Waals surface area (Å²) in [6.45, 7) is 7.64. The van der Waals surface area contributed by atoms with Crippen molar-refractivity contribution in [3.8, 4) is 0 Å². The topological polar surface area (TPSA) is 55.4 Å². The molecule has 0 radical (unpaired) electrons. The van der Waals surface area contributed by atoms with Gasteiger partial charge in [-0.3, -0.25) is 4.79 Å². The van der Waals surface area contributed by atoms with Crippen LogP contribution in [0.4, 0.5) is 0 Å². The minimum absolute atomic E-state index is 0.281. The second-order valence-corrected chi connectivity index (χ2v) is 4.26. The molecule has 98 valence electrons. The average molecular weight is 249 g/mol. The van der Waals surface area contributed by atoms with E-state index in [0.29, 0.717) is 12.1 Å². The summed E-state index contributed by atoms with van der Waals surface area (Å²) >= 11 is 0. The third-order valence-electron chi connectivity index (χ3n) is 2.62. The van der Waals surface area contributed by atoms with Gasteiger partial charge in [0.25, 0.3) is 5.91 Å². The van der Waals surface area contributed by atoms with Gasteiger partial charge in [-0.2, -0.15) is 0 Å². The number of esters is 1. The summed E-state index contributed by atoms with van der Waals surface area (Å²) in [4.78, 5) is 23.4. The molecule has 18 heavy (non-hydrogen) atoms. The van der Waals surface area contributed by atoms with Crippen molar-refractivity contribution in [1.29, 1.82) is 0 Å². The molecular weight excluding hydrogens is 230 g/mol. The van der Waals surface area contributed by atoms with Crippen LogP contribution >= 0.6 is 0 Å². The zero-order valence-electron chi connectivity index (χ0n) is 11.2. The molecular formula is C14H19NO3. The molecule has 1 aromatic carbocycles. The fourth-order valence-corrected chi connectivity index (χ4v) is 1.55. The largest absolute Gasteiger partial charge is 0.449 e. The molecule has 1 atom stereocenters. The van der Waals surface area contributed by atoms with E-state index >= 15 is 0 Å². The molecule has 1 amide bonds. The highest BCUT2D eigenvalue weighted by molar-refractivity contribution is 5.93. The lowest BCUT2D eigenvalue weighted by molar-refractivity contribution is -0.128. The lowest BCUT2D eigenvalue weighted by Crippen LogP contribution is -2.35. The molecule has 0 saturated heterocycles. The summed E-state index contributed by atoms with van der Waals surface area (Å²) in [5.74, 6) is -0.744. The van der Waals surface area contributed by atoms with Gasteiger partial charge in [0.1, 0.15) is 0 Å². The van der Waals surface area contributed by atoms with Gasteiger partial charge in [-0.1, -0.05) is 17.7 Å².